The number of nitrogens with zero attached hydrogens (tertiary/aromatic N) is 2. The van der Waals surface area contributed by atoms with E-state index in [9.17, 15) is 10.1 Å². The van der Waals surface area contributed by atoms with Crippen LogP contribution in [0.2, 0.25) is 0 Å². The summed E-state index contributed by atoms with van der Waals surface area (Å²) in [5.41, 5.74) is 0.651. The van der Waals surface area contributed by atoms with Gasteiger partial charge in [-0.25, -0.2) is 0 Å². The molecule has 3 aromatic rings. The van der Waals surface area contributed by atoms with Crippen LogP contribution in [0.25, 0.3) is 10.9 Å². The third-order valence-corrected chi connectivity index (χ3v) is 4.17. The second kappa shape index (κ2) is 6.94. The molecule has 7 nitrogen and oxygen atoms in total. The number of aromatic nitrogens is 1. The first kappa shape index (κ1) is 17.0. The highest BCUT2D eigenvalue weighted by atomic mass is 79.9. The maximum atomic E-state index is 10.8. The van der Waals surface area contributed by atoms with Crippen molar-refractivity contribution in [3.63, 3.8) is 0 Å². The van der Waals surface area contributed by atoms with E-state index in [4.69, 9.17) is 14.2 Å². The zero-order valence-corrected chi connectivity index (χ0v) is 14.9. The maximum Gasteiger partial charge on any atom is 0.270 e. The molecule has 1 heterocycles. The number of halogens is 1. The number of nitro groups is 1. The Morgan fingerprint density at radius 3 is 2.36 bits per heavy atom. The Bertz CT molecular complexity index is 961. The lowest BCUT2D eigenvalue weighted by Gasteiger charge is -2.13. The van der Waals surface area contributed by atoms with Crippen molar-refractivity contribution in [2.75, 3.05) is 14.2 Å². The molecule has 0 atom stereocenters. The molecule has 0 saturated carbocycles. The van der Waals surface area contributed by atoms with Gasteiger partial charge in [0.15, 0.2) is 11.5 Å². The number of pyridine rings is 1. The first-order valence-corrected chi connectivity index (χ1v) is 7.95. The minimum absolute atomic E-state index is 0.0229. The summed E-state index contributed by atoms with van der Waals surface area (Å²) in [6.45, 7) is 0. The molecule has 0 radical (unpaired) electrons. The Labute approximate surface area is 151 Å². The molecule has 1 aromatic heterocycles. The van der Waals surface area contributed by atoms with Crippen molar-refractivity contribution in [2.45, 2.75) is 0 Å². The quantitative estimate of drug-likeness (QED) is 0.451. The van der Waals surface area contributed by atoms with Crippen LogP contribution in [0.4, 0.5) is 5.69 Å². The number of ether oxygens (including phenoxy) is 3. The molecule has 0 saturated heterocycles. The number of hydrogen-bond donors (Lipinski definition) is 0. The topological polar surface area (TPSA) is 83.7 Å². The Morgan fingerprint density at radius 1 is 1.00 bits per heavy atom. The monoisotopic (exact) mass is 404 g/mol. The predicted molar refractivity (Wildman–Crippen MR) is 95.7 cm³/mol. The van der Waals surface area contributed by atoms with Crippen molar-refractivity contribution in [3.8, 4) is 23.0 Å². The number of methoxy groups -OCH3 is 2. The van der Waals surface area contributed by atoms with Crippen LogP contribution >= 0.6 is 15.9 Å². The zero-order chi connectivity index (χ0) is 18.0. The first-order chi connectivity index (χ1) is 12.0. The smallest absolute Gasteiger partial charge is 0.270 e. The number of non-ortho nitro benzene ring substituents is 1. The summed E-state index contributed by atoms with van der Waals surface area (Å²) in [6, 6.07) is 9.55. The molecule has 0 unspecified atom stereocenters. The summed E-state index contributed by atoms with van der Waals surface area (Å²) in [4.78, 5) is 14.7. The fourth-order valence-electron chi connectivity index (χ4n) is 2.34. The second-order valence-electron chi connectivity index (χ2n) is 5.01. The van der Waals surface area contributed by atoms with E-state index >= 15 is 0 Å². The fraction of sp³-hybridized carbons (Fsp3) is 0.118. The standard InChI is InChI=1S/C17H13BrN2O5/c1-23-16-8-11-13(9-17(16)24-2)19-6-5-14(11)25-15-4-3-10(20(21)22)7-12(15)18/h3-9H,1-2H3. The lowest BCUT2D eigenvalue weighted by atomic mass is 10.2. The molecule has 0 bridgehead atoms. The molecule has 0 spiro atoms. The van der Waals surface area contributed by atoms with Gasteiger partial charge in [-0.1, -0.05) is 0 Å². The van der Waals surface area contributed by atoms with Gasteiger partial charge in [-0.05, 0) is 34.1 Å². The van der Waals surface area contributed by atoms with Gasteiger partial charge < -0.3 is 14.2 Å². The van der Waals surface area contributed by atoms with Crippen LogP contribution in [0.1, 0.15) is 0 Å². The predicted octanol–water partition coefficient (Wildman–Crippen LogP) is 4.72. The zero-order valence-electron chi connectivity index (χ0n) is 13.4. The summed E-state index contributed by atoms with van der Waals surface area (Å²) in [5, 5.41) is 11.6. The minimum Gasteiger partial charge on any atom is -0.493 e. The van der Waals surface area contributed by atoms with Crippen molar-refractivity contribution in [1.82, 2.24) is 4.98 Å². The Kier molecular flexibility index (Phi) is 4.71. The minimum atomic E-state index is -0.465. The molecule has 8 heteroatoms. The molecular formula is C17H13BrN2O5. The maximum absolute atomic E-state index is 10.8. The molecule has 128 valence electrons. The van der Waals surface area contributed by atoms with E-state index in [2.05, 4.69) is 20.9 Å². The highest BCUT2D eigenvalue weighted by Gasteiger charge is 2.14. The number of nitro benzene ring substituents is 1. The summed E-state index contributed by atoms with van der Waals surface area (Å²) >= 11 is 3.30. The normalized spacial score (nSPS) is 10.5. The first-order valence-electron chi connectivity index (χ1n) is 7.16. The number of fused-ring (bicyclic) bond motifs is 1. The van der Waals surface area contributed by atoms with Crippen LogP contribution in [-0.2, 0) is 0 Å². The summed E-state index contributed by atoms with van der Waals surface area (Å²) < 4.78 is 17.0. The number of hydrogen-bond acceptors (Lipinski definition) is 6. The van der Waals surface area contributed by atoms with Crippen molar-refractivity contribution >= 4 is 32.5 Å². The summed E-state index contributed by atoms with van der Waals surface area (Å²) in [6.07, 6.45) is 1.61. The van der Waals surface area contributed by atoms with Crippen LogP contribution in [0.3, 0.4) is 0 Å². The third kappa shape index (κ3) is 3.34. The van der Waals surface area contributed by atoms with Gasteiger partial charge in [-0.15, -0.1) is 0 Å². The molecule has 0 aliphatic heterocycles. The van der Waals surface area contributed by atoms with E-state index in [1.54, 1.807) is 38.6 Å². The molecule has 0 aliphatic rings. The number of benzene rings is 2. The average molecular weight is 405 g/mol. The van der Waals surface area contributed by atoms with Gasteiger partial charge in [0.1, 0.15) is 11.5 Å². The van der Waals surface area contributed by atoms with E-state index < -0.39 is 4.92 Å². The Morgan fingerprint density at radius 2 is 1.72 bits per heavy atom. The number of rotatable bonds is 5. The SMILES string of the molecule is COc1cc2nccc(Oc3ccc([N+](=O)[O-])cc3Br)c2cc1OC. The van der Waals surface area contributed by atoms with E-state index in [0.717, 1.165) is 5.39 Å². The molecular weight excluding hydrogens is 392 g/mol. The molecule has 0 N–H and O–H groups in total. The van der Waals surface area contributed by atoms with Gasteiger partial charge in [0, 0.05) is 29.8 Å². The van der Waals surface area contributed by atoms with E-state index in [1.807, 2.05) is 0 Å². The van der Waals surface area contributed by atoms with Crippen LogP contribution in [0.5, 0.6) is 23.0 Å². The van der Waals surface area contributed by atoms with Crippen LogP contribution in [-0.4, -0.2) is 24.1 Å². The third-order valence-electron chi connectivity index (χ3n) is 3.55. The van der Waals surface area contributed by atoms with Crippen molar-refractivity contribution in [3.05, 3.63) is 57.2 Å². The molecule has 0 aliphatic carbocycles. The van der Waals surface area contributed by atoms with Gasteiger partial charge in [0.05, 0.1) is 29.1 Å². The van der Waals surface area contributed by atoms with E-state index in [1.165, 1.54) is 18.2 Å². The van der Waals surface area contributed by atoms with Crippen LogP contribution in [0, 0.1) is 10.1 Å². The molecule has 25 heavy (non-hydrogen) atoms. The molecule has 2 aromatic carbocycles. The van der Waals surface area contributed by atoms with Crippen LogP contribution in [0.15, 0.2) is 47.1 Å². The summed E-state index contributed by atoms with van der Waals surface area (Å²) in [7, 11) is 3.10. The van der Waals surface area contributed by atoms with E-state index in [-0.39, 0.29) is 5.69 Å². The van der Waals surface area contributed by atoms with E-state index in [0.29, 0.717) is 33.0 Å². The van der Waals surface area contributed by atoms with Gasteiger partial charge in [0.2, 0.25) is 0 Å². The molecule has 3 rings (SSSR count). The van der Waals surface area contributed by atoms with Gasteiger partial charge in [-0.2, -0.15) is 0 Å². The average Bonchev–Trinajstić information content (AvgIpc) is 2.62. The molecule has 0 amide bonds. The highest BCUT2D eigenvalue weighted by molar-refractivity contribution is 9.10. The Balaban J connectivity index is 2.06. The van der Waals surface area contributed by atoms with Crippen molar-refractivity contribution in [2.24, 2.45) is 0 Å². The van der Waals surface area contributed by atoms with Gasteiger partial charge >= 0.3 is 0 Å². The molecule has 0 fully saturated rings. The Hall–Kier alpha value is -2.87. The largest absolute Gasteiger partial charge is 0.493 e. The van der Waals surface area contributed by atoms with Gasteiger partial charge in [-0.3, -0.25) is 15.1 Å². The van der Waals surface area contributed by atoms with Crippen molar-refractivity contribution in [1.29, 1.82) is 0 Å². The van der Waals surface area contributed by atoms with Gasteiger partial charge in [0.25, 0.3) is 5.69 Å². The van der Waals surface area contributed by atoms with Crippen molar-refractivity contribution < 1.29 is 19.1 Å². The highest BCUT2D eigenvalue weighted by Crippen LogP contribution is 2.39. The lowest BCUT2D eigenvalue weighted by Crippen LogP contribution is -1.94. The second-order valence-corrected chi connectivity index (χ2v) is 5.86. The fourth-order valence-corrected chi connectivity index (χ4v) is 2.79. The summed E-state index contributed by atoms with van der Waals surface area (Å²) in [5.74, 6) is 2.11. The lowest BCUT2D eigenvalue weighted by molar-refractivity contribution is -0.384. The van der Waals surface area contributed by atoms with Crippen LogP contribution < -0.4 is 14.2 Å².